The van der Waals surface area contributed by atoms with Gasteiger partial charge in [0.1, 0.15) is 6.61 Å². The molecule has 0 aliphatic rings. The molecule has 5 heteroatoms. The smallest absolute Gasteiger partial charge is 0.338 e. The molecule has 2 rings (SSSR count). The van der Waals surface area contributed by atoms with E-state index in [9.17, 15) is 4.79 Å². The molecule has 1 heterocycles. The summed E-state index contributed by atoms with van der Waals surface area (Å²) in [6.45, 7) is 4.51. The van der Waals surface area contributed by atoms with Crippen molar-refractivity contribution in [1.82, 2.24) is 9.78 Å². The first-order chi connectivity index (χ1) is 10.2. The molecule has 1 aromatic carbocycles. The van der Waals surface area contributed by atoms with Crippen LogP contribution in [-0.4, -0.2) is 22.4 Å². The fourth-order valence-electron chi connectivity index (χ4n) is 2.15. The van der Waals surface area contributed by atoms with Crippen LogP contribution in [0, 0.1) is 0 Å². The summed E-state index contributed by atoms with van der Waals surface area (Å²) in [6, 6.07) is 7.43. The number of nitrogens with zero attached hydrogens (tertiary/aromatic N) is 2. The van der Waals surface area contributed by atoms with Crippen LogP contribution < -0.4 is 4.74 Å². The van der Waals surface area contributed by atoms with E-state index in [0.29, 0.717) is 24.7 Å². The first-order valence-electron chi connectivity index (χ1n) is 7.06. The zero-order valence-corrected chi connectivity index (χ0v) is 12.6. The molecule has 0 spiro atoms. The maximum atomic E-state index is 12.1. The van der Waals surface area contributed by atoms with E-state index in [0.717, 1.165) is 17.5 Å². The Morgan fingerprint density at radius 2 is 2.10 bits per heavy atom. The van der Waals surface area contributed by atoms with Gasteiger partial charge >= 0.3 is 5.97 Å². The van der Waals surface area contributed by atoms with Gasteiger partial charge in [-0.2, -0.15) is 0 Å². The SMILES string of the molecule is CCOC(=O)c1cccc(CC)c1COc1ccn(C)n1. The van der Waals surface area contributed by atoms with Crippen LogP contribution in [0.15, 0.2) is 30.5 Å². The lowest BCUT2D eigenvalue weighted by atomic mass is 10.00. The minimum atomic E-state index is -0.313. The van der Waals surface area contributed by atoms with Crippen molar-refractivity contribution in [1.29, 1.82) is 0 Å². The van der Waals surface area contributed by atoms with Gasteiger partial charge in [-0.15, -0.1) is 5.10 Å². The van der Waals surface area contributed by atoms with Crippen molar-refractivity contribution in [3.63, 3.8) is 0 Å². The predicted octanol–water partition coefficient (Wildman–Crippen LogP) is 2.74. The Kier molecular flexibility index (Phi) is 4.98. The van der Waals surface area contributed by atoms with Gasteiger partial charge in [0.2, 0.25) is 5.88 Å². The van der Waals surface area contributed by atoms with E-state index in [1.807, 2.05) is 25.4 Å². The Morgan fingerprint density at radius 3 is 2.71 bits per heavy atom. The first-order valence-corrected chi connectivity index (χ1v) is 7.06. The highest BCUT2D eigenvalue weighted by atomic mass is 16.5. The maximum absolute atomic E-state index is 12.1. The summed E-state index contributed by atoms with van der Waals surface area (Å²) in [4.78, 5) is 12.1. The molecule has 0 N–H and O–H groups in total. The molecule has 0 bridgehead atoms. The highest BCUT2D eigenvalue weighted by molar-refractivity contribution is 5.91. The second-order valence-electron chi connectivity index (χ2n) is 4.63. The van der Waals surface area contributed by atoms with Gasteiger partial charge in [0.05, 0.1) is 12.2 Å². The lowest BCUT2D eigenvalue weighted by Crippen LogP contribution is -2.12. The first kappa shape index (κ1) is 15.1. The van der Waals surface area contributed by atoms with Gasteiger partial charge in [0.25, 0.3) is 0 Å². The minimum Gasteiger partial charge on any atom is -0.472 e. The number of hydrogen-bond acceptors (Lipinski definition) is 4. The Labute approximate surface area is 124 Å². The van der Waals surface area contributed by atoms with Crippen LogP contribution >= 0.6 is 0 Å². The molecule has 112 valence electrons. The number of carbonyl (C=O) groups is 1. The number of aryl methyl sites for hydroxylation is 2. The normalized spacial score (nSPS) is 10.4. The van der Waals surface area contributed by atoms with E-state index in [1.165, 1.54) is 0 Å². The number of aromatic nitrogens is 2. The summed E-state index contributed by atoms with van der Waals surface area (Å²) in [5, 5.41) is 4.17. The molecule has 0 aliphatic carbocycles. The molecule has 1 aromatic heterocycles. The second-order valence-corrected chi connectivity index (χ2v) is 4.63. The average molecular weight is 288 g/mol. The number of benzene rings is 1. The molecule has 0 atom stereocenters. The summed E-state index contributed by atoms with van der Waals surface area (Å²) >= 11 is 0. The lowest BCUT2D eigenvalue weighted by Gasteiger charge is -2.13. The van der Waals surface area contributed by atoms with Gasteiger partial charge in [-0.25, -0.2) is 4.79 Å². The third-order valence-corrected chi connectivity index (χ3v) is 3.20. The van der Waals surface area contributed by atoms with E-state index in [2.05, 4.69) is 12.0 Å². The van der Waals surface area contributed by atoms with Crippen molar-refractivity contribution < 1.29 is 14.3 Å². The summed E-state index contributed by atoms with van der Waals surface area (Å²) in [5.74, 6) is 0.227. The summed E-state index contributed by atoms with van der Waals surface area (Å²) in [6.07, 6.45) is 2.64. The maximum Gasteiger partial charge on any atom is 0.338 e. The minimum absolute atomic E-state index is 0.301. The number of carbonyl (C=O) groups excluding carboxylic acids is 1. The van der Waals surface area contributed by atoms with Crippen LogP contribution in [0.1, 0.15) is 35.3 Å². The summed E-state index contributed by atoms with van der Waals surface area (Å²) in [5.41, 5.74) is 2.51. The van der Waals surface area contributed by atoms with Gasteiger partial charge in [-0.1, -0.05) is 19.1 Å². The van der Waals surface area contributed by atoms with E-state index >= 15 is 0 Å². The highest BCUT2D eigenvalue weighted by Gasteiger charge is 2.16. The van der Waals surface area contributed by atoms with Gasteiger partial charge in [0, 0.05) is 24.9 Å². The topological polar surface area (TPSA) is 53.4 Å². The molecule has 0 unspecified atom stereocenters. The fraction of sp³-hybridized carbons (Fsp3) is 0.375. The Bertz CT molecular complexity index is 620. The average Bonchev–Trinajstić information content (AvgIpc) is 2.90. The van der Waals surface area contributed by atoms with E-state index in [-0.39, 0.29) is 5.97 Å². The molecular formula is C16H20N2O3. The number of hydrogen-bond donors (Lipinski definition) is 0. The van der Waals surface area contributed by atoms with Gasteiger partial charge in [-0.3, -0.25) is 4.68 Å². The van der Waals surface area contributed by atoms with Crippen LogP contribution in [0.25, 0.3) is 0 Å². The number of esters is 1. The molecule has 0 aliphatic heterocycles. The highest BCUT2D eigenvalue weighted by Crippen LogP contribution is 2.19. The standard InChI is InChI=1S/C16H20N2O3/c1-4-12-7-6-8-13(16(19)20-5-2)14(12)11-21-15-9-10-18(3)17-15/h6-10H,4-5,11H2,1-3H3. The van der Waals surface area contributed by atoms with E-state index < -0.39 is 0 Å². The molecule has 0 fully saturated rings. The van der Waals surface area contributed by atoms with E-state index in [1.54, 1.807) is 23.7 Å². The number of ether oxygens (including phenoxy) is 2. The summed E-state index contributed by atoms with van der Waals surface area (Å²) < 4.78 is 12.5. The van der Waals surface area contributed by atoms with Crippen LogP contribution in [0.2, 0.25) is 0 Å². The van der Waals surface area contributed by atoms with Crippen LogP contribution in [0.5, 0.6) is 5.88 Å². The van der Waals surface area contributed by atoms with Crippen molar-refractivity contribution >= 4 is 5.97 Å². The molecule has 0 saturated carbocycles. The fourth-order valence-corrected chi connectivity index (χ4v) is 2.15. The molecular weight excluding hydrogens is 268 g/mol. The molecule has 0 saturated heterocycles. The van der Waals surface area contributed by atoms with E-state index in [4.69, 9.17) is 9.47 Å². The number of rotatable bonds is 6. The Morgan fingerprint density at radius 1 is 1.29 bits per heavy atom. The van der Waals surface area contributed by atoms with Crippen LogP contribution in [0.3, 0.4) is 0 Å². The summed E-state index contributed by atoms with van der Waals surface area (Å²) in [7, 11) is 1.83. The van der Waals surface area contributed by atoms with Crippen LogP contribution in [-0.2, 0) is 24.8 Å². The Hall–Kier alpha value is -2.30. The second kappa shape index (κ2) is 6.92. The van der Waals surface area contributed by atoms with Crippen molar-refractivity contribution in [2.45, 2.75) is 26.9 Å². The molecule has 0 radical (unpaired) electrons. The third kappa shape index (κ3) is 3.62. The van der Waals surface area contributed by atoms with Crippen molar-refractivity contribution in [2.24, 2.45) is 7.05 Å². The zero-order chi connectivity index (χ0) is 15.2. The molecule has 2 aromatic rings. The Balaban J connectivity index is 2.24. The van der Waals surface area contributed by atoms with Gasteiger partial charge in [0.15, 0.2) is 0 Å². The third-order valence-electron chi connectivity index (χ3n) is 3.20. The van der Waals surface area contributed by atoms with Gasteiger partial charge in [-0.05, 0) is 25.0 Å². The molecule has 0 amide bonds. The van der Waals surface area contributed by atoms with Gasteiger partial charge < -0.3 is 9.47 Å². The molecule has 5 nitrogen and oxygen atoms in total. The van der Waals surface area contributed by atoms with Crippen molar-refractivity contribution in [3.8, 4) is 5.88 Å². The predicted molar refractivity (Wildman–Crippen MR) is 79.3 cm³/mol. The zero-order valence-electron chi connectivity index (χ0n) is 12.6. The van der Waals surface area contributed by atoms with Crippen LogP contribution in [0.4, 0.5) is 0 Å². The lowest BCUT2D eigenvalue weighted by molar-refractivity contribution is 0.0523. The quantitative estimate of drug-likeness (QED) is 0.767. The van der Waals surface area contributed by atoms with Crippen molar-refractivity contribution in [3.05, 3.63) is 47.2 Å². The van der Waals surface area contributed by atoms with Crippen molar-refractivity contribution in [2.75, 3.05) is 6.61 Å². The largest absolute Gasteiger partial charge is 0.472 e. The molecule has 21 heavy (non-hydrogen) atoms. The monoisotopic (exact) mass is 288 g/mol.